The second-order valence-electron chi connectivity index (χ2n) is 12.6. The molecule has 4 rings (SSSR count). The maximum atomic E-state index is 13.5. The van der Waals surface area contributed by atoms with Crippen molar-refractivity contribution >= 4 is 40.1 Å². The summed E-state index contributed by atoms with van der Waals surface area (Å²) in [6.45, 7) is 10.5. The number of nitrogens with zero attached hydrogens (tertiary/aromatic N) is 1. The van der Waals surface area contributed by atoms with Gasteiger partial charge in [0.1, 0.15) is 5.60 Å². The summed E-state index contributed by atoms with van der Waals surface area (Å²) >= 11 is 0. The minimum Gasteiger partial charge on any atom is -0.444 e. The zero-order valence-electron chi connectivity index (χ0n) is 25.4. The van der Waals surface area contributed by atoms with Crippen LogP contribution in [0.4, 0.5) is 16.2 Å². The minimum absolute atomic E-state index is 0.101. The number of ether oxygens (including phenoxy) is 1. The number of hydrogen-bond donors (Lipinski definition) is 3. The van der Waals surface area contributed by atoms with Crippen LogP contribution in [0.2, 0.25) is 0 Å². The lowest BCUT2D eigenvalue weighted by molar-refractivity contribution is -0.135. The number of likely N-dealkylation sites (tertiary alicyclic amines) is 1. The molecular formula is C34H44N4O4. The first-order valence-corrected chi connectivity index (χ1v) is 14.8. The Morgan fingerprint density at radius 1 is 1.02 bits per heavy atom. The van der Waals surface area contributed by atoms with Gasteiger partial charge in [0.15, 0.2) is 0 Å². The van der Waals surface area contributed by atoms with Crippen LogP contribution in [-0.2, 0) is 20.7 Å². The highest BCUT2D eigenvalue weighted by Crippen LogP contribution is 2.26. The molecular weight excluding hydrogens is 528 g/mol. The maximum Gasteiger partial charge on any atom is 0.407 e. The van der Waals surface area contributed by atoms with Crippen LogP contribution in [0.25, 0.3) is 10.8 Å². The summed E-state index contributed by atoms with van der Waals surface area (Å²) in [5.74, 6) is -0.249. The van der Waals surface area contributed by atoms with Gasteiger partial charge in [-0.15, -0.1) is 0 Å². The Labute approximate surface area is 249 Å². The van der Waals surface area contributed by atoms with Crippen LogP contribution in [0.3, 0.4) is 0 Å². The van der Waals surface area contributed by atoms with Gasteiger partial charge in [-0.25, -0.2) is 4.79 Å². The van der Waals surface area contributed by atoms with Crippen LogP contribution in [0.15, 0.2) is 60.7 Å². The average molecular weight is 573 g/mol. The molecule has 0 unspecified atom stereocenters. The molecule has 1 heterocycles. The fourth-order valence-corrected chi connectivity index (χ4v) is 5.35. The number of piperidine rings is 1. The number of nitrogens with one attached hydrogen (secondary N) is 2. The fourth-order valence-electron chi connectivity index (χ4n) is 5.35. The number of amides is 3. The molecule has 0 radical (unpaired) electrons. The van der Waals surface area contributed by atoms with Gasteiger partial charge >= 0.3 is 6.09 Å². The summed E-state index contributed by atoms with van der Waals surface area (Å²) in [6.07, 6.45) is 1.43. The van der Waals surface area contributed by atoms with E-state index in [-0.39, 0.29) is 24.2 Å². The van der Waals surface area contributed by atoms with Crippen LogP contribution < -0.4 is 16.4 Å². The van der Waals surface area contributed by atoms with Crippen molar-refractivity contribution in [2.75, 3.05) is 24.1 Å². The third-order valence-corrected chi connectivity index (χ3v) is 7.58. The molecule has 0 saturated carbocycles. The molecule has 4 N–H and O–H groups in total. The highest BCUT2D eigenvalue weighted by atomic mass is 16.6. The molecule has 0 aliphatic carbocycles. The lowest BCUT2D eigenvalue weighted by Gasteiger charge is -2.33. The number of nitrogen functional groups attached to an aromatic ring is 1. The Kier molecular flexibility index (Phi) is 9.76. The van der Waals surface area contributed by atoms with E-state index in [0.717, 1.165) is 28.3 Å². The van der Waals surface area contributed by atoms with E-state index in [1.807, 2.05) is 48.5 Å². The van der Waals surface area contributed by atoms with Gasteiger partial charge in [-0.1, -0.05) is 62.4 Å². The van der Waals surface area contributed by atoms with Gasteiger partial charge in [-0.3, -0.25) is 9.59 Å². The molecule has 8 heteroatoms. The molecule has 1 aliphatic rings. The van der Waals surface area contributed by atoms with Crippen molar-refractivity contribution in [3.63, 3.8) is 0 Å². The second-order valence-corrected chi connectivity index (χ2v) is 12.6. The van der Waals surface area contributed by atoms with E-state index in [2.05, 4.69) is 36.6 Å². The summed E-state index contributed by atoms with van der Waals surface area (Å²) in [4.78, 5) is 41.2. The van der Waals surface area contributed by atoms with E-state index in [4.69, 9.17) is 10.5 Å². The van der Waals surface area contributed by atoms with Gasteiger partial charge in [-0.05, 0) is 80.0 Å². The van der Waals surface area contributed by atoms with Crippen molar-refractivity contribution in [1.29, 1.82) is 0 Å². The van der Waals surface area contributed by atoms with E-state index < -0.39 is 17.7 Å². The van der Waals surface area contributed by atoms with Crippen molar-refractivity contribution in [1.82, 2.24) is 10.2 Å². The quantitative estimate of drug-likeness (QED) is 0.276. The van der Waals surface area contributed by atoms with E-state index in [1.165, 1.54) is 0 Å². The monoisotopic (exact) mass is 572 g/mol. The summed E-state index contributed by atoms with van der Waals surface area (Å²) in [5.41, 5.74) is 8.80. The largest absolute Gasteiger partial charge is 0.444 e. The van der Waals surface area contributed by atoms with Gasteiger partial charge in [0, 0.05) is 25.6 Å². The first-order valence-electron chi connectivity index (χ1n) is 14.8. The maximum absolute atomic E-state index is 13.5. The van der Waals surface area contributed by atoms with Crippen molar-refractivity contribution in [3.05, 3.63) is 71.8 Å². The molecule has 3 aromatic rings. The number of fused-ring (bicyclic) bond motifs is 1. The van der Waals surface area contributed by atoms with E-state index in [9.17, 15) is 14.4 Å². The SMILES string of the molecule is CC(C)c1ccc(NC(=O)[C@@H]2CCCN(C(=O)C[C@@H](Cc3ccc4ccccc4c3)NC(=O)OC(C)(C)C)C2)c(N)c1. The number of carbonyl (C=O) groups is 3. The van der Waals surface area contributed by atoms with E-state index >= 15 is 0 Å². The van der Waals surface area contributed by atoms with Crippen molar-refractivity contribution in [2.45, 2.75) is 77.9 Å². The lowest BCUT2D eigenvalue weighted by Crippen LogP contribution is -2.47. The second kappa shape index (κ2) is 13.3. The summed E-state index contributed by atoms with van der Waals surface area (Å²) in [6, 6.07) is 19.5. The Balaban J connectivity index is 1.43. The molecule has 0 aromatic heterocycles. The number of alkyl carbamates (subject to hydrolysis) is 1. The van der Waals surface area contributed by atoms with E-state index in [0.29, 0.717) is 43.2 Å². The zero-order valence-corrected chi connectivity index (χ0v) is 25.4. The molecule has 1 fully saturated rings. The number of rotatable bonds is 8. The molecule has 3 amide bonds. The number of anilines is 2. The predicted octanol–water partition coefficient (Wildman–Crippen LogP) is 6.25. The molecule has 2 atom stereocenters. The van der Waals surface area contributed by atoms with E-state index in [1.54, 1.807) is 25.7 Å². The Morgan fingerprint density at radius 3 is 2.45 bits per heavy atom. The summed E-state index contributed by atoms with van der Waals surface area (Å²) in [7, 11) is 0. The Hall–Kier alpha value is -4.07. The van der Waals surface area contributed by atoms with Crippen molar-refractivity contribution in [2.24, 2.45) is 5.92 Å². The zero-order chi connectivity index (χ0) is 30.4. The minimum atomic E-state index is -0.659. The topological polar surface area (TPSA) is 114 Å². The number of benzene rings is 3. The first kappa shape index (κ1) is 30.9. The molecule has 8 nitrogen and oxygen atoms in total. The van der Waals surface area contributed by atoms with Gasteiger partial charge in [-0.2, -0.15) is 0 Å². The van der Waals surface area contributed by atoms with Crippen molar-refractivity contribution in [3.8, 4) is 0 Å². The highest BCUT2D eigenvalue weighted by Gasteiger charge is 2.31. The lowest BCUT2D eigenvalue weighted by atomic mass is 9.95. The fraction of sp³-hybridized carbons (Fsp3) is 0.441. The smallest absolute Gasteiger partial charge is 0.407 e. The van der Waals surface area contributed by atoms with Crippen LogP contribution in [0, 0.1) is 5.92 Å². The Bertz CT molecular complexity index is 1430. The standard InChI is InChI=1S/C34H44N4O4/c1-22(2)25-14-15-30(29(35)19-25)37-32(40)27-11-8-16-38(21-27)31(39)20-28(36-33(41)42-34(3,4)5)18-23-12-13-24-9-6-7-10-26(24)17-23/h6-7,9-10,12-15,17,19,22,27-28H,8,11,16,18,20-21,35H2,1-5H3,(H,36,41)(H,37,40)/t27-,28-/m1/s1. The molecule has 0 spiro atoms. The van der Waals surface area contributed by atoms with Gasteiger partial charge in [0.05, 0.1) is 17.3 Å². The van der Waals surface area contributed by atoms with Crippen LogP contribution in [0.5, 0.6) is 0 Å². The predicted molar refractivity (Wildman–Crippen MR) is 168 cm³/mol. The molecule has 42 heavy (non-hydrogen) atoms. The average Bonchev–Trinajstić information content (AvgIpc) is 2.92. The van der Waals surface area contributed by atoms with Crippen molar-refractivity contribution < 1.29 is 19.1 Å². The molecule has 1 saturated heterocycles. The third-order valence-electron chi connectivity index (χ3n) is 7.58. The molecule has 0 bridgehead atoms. The van der Waals surface area contributed by atoms with Gasteiger partial charge in [0.2, 0.25) is 11.8 Å². The van der Waals surface area contributed by atoms with Gasteiger partial charge < -0.3 is 26.0 Å². The Morgan fingerprint density at radius 2 is 1.76 bits per heavy atom. The number of hydrogen-bond acceptors (Lipinski definition) is 5. The highest BCUT2D eigenvalue weighted by molar-refractivity contribution is 5.96. The molecule has 1 aliphatic heterocycles. The summed E-state index contributed by atoms with van der Waals surface area (Å²) < 4.78 is 5.50. The van der Waals surface area contributed by atoms with Crippen LogP contribution in [-0.4, -0.2) is 47.5 Å². The normalized spacial score (nSPS) is 16.2. The third kappa shape index (κ3) is 8.47. The molecule has 224 valence electrons. The number of carbonyl (C=O) groups excluding carboxylic acids is 3. The van der Waals surface area contributed by atoms with Gasteiger partial charge in [0.25, 0.3) is 0 Å². The number of nitrogens with two attached hydrogens (primary N) is 1. The molecule has 3 aromatic carbocycles. The van der Waals surface area contributed by atoms with Crippen LogP contribution in [0.1, 0.15) is 70.9 Å². The first-order chi connectivity index (χ1) is 19.9. The summed E-state index contributed by atoms with van der Waals surface area (Å²) in [5, 5.41) is 8.12. The van der Waals surface area contributed by atoms with Crippen LogP contribution >= 0.6 is 0 Å².